The molecule has 1 amide bonds. The van der Waals surface area contributed by atoms with E-state index in [1.807, 2.05) is 18.9 Å². The predicted octanol–water partition coefficient (Wildman–Crippen LogP) is 2.48. The molecule has 0 saturated carbocycles. The fourth-order valence-electron chi connectivity index (χ4n) is 1.65. The van der Waals surface area contributed by atoms with Crippen molar-refractivity contribution in [2.75, 3.05) is 24.6 Å². The van der Waals surface area contributed by atoms with Gasteiger partial charge in [-0.25, -0.2) is 0 Å². The Kier molecular flexibility index (Phi) is 6.29. The number of nitrogens with two attached hydrogens (primary N) is 1. The molecule has 1 unspecified atom stereocenters. The van der Waals surface area contributed by atoms with Crippen molar-refractivity contribution in [1.29, 1.82) is 5.26 Å². The third-order valence-corrected chi connectivity index (χ3v) is 3.35. The van der Waals surface area contributed by atoms with Crippen molar-refractivity contribution < 1.29 is 4.79 Å². The number of nitrogens with one attached hydrogen (secondary N) is 1. The van der Waals surface area contributed by atoms with Gasteiger partial charge in [-0.2, -0.15) is 5.26 Å². The van der Waals surface area contributed by atoms with E-state index in [1.165, 1.54) is 0 Å². The van der Waals surface area contributed by atoms with Crippen molar-refractivity contribution in [3.63, 3.8) is 0 Å². The Morgan fingerprint density at radius 1 is 1.60 bits per heavy atom. The van der Waals surface area contributed by atoms with E-state index in [2.05, 4.69) is 11.4 Å². The molecule has 0 bridgehead atoms. The van der Waals surface area contributed by atoms with Gasteiger partial charge in [0.05, 0.1) is 23.9 Å². The van der Waals surface area contributed by atoms with Crippen LogP contribution in [0, 0.1) is 11.3 Å². The third kappa shape index (κ3) is 5.08. The summed E-state index contributed by atoms with van der Waals surface area (Å²) in [5.74, 6) is -0.116. The maximum absolute atomic E-state index is 11.8. The maximum Gasteiger partial charge on any atom is 0.225 e. The summed E-state index contributed by atoms with van der Waals surface area (Å²) in [5.41, 5.74) is 6.77. The van der Waals surface area contributed by atoms with Crippen LogP contribution in [0.5, 0.6) is 0 Å². The molecule has 0 fully saturated rings. The normalized spacial score (nSPS) is 11.9. The highest BCUT2D eigenvalue weighted by molar-refractivity contribution is 6.31. The predicted molar refractivity (Wildman–Crippen MR) is 81.4 cm³/mol. The second kappa shape index (κ2) is 7.73. The zero-order chi connectivity index (χ0) is 15.1. The van der Waals surface area contributed by atoms with Crippen LogP contribution in [-0.2, 0) is 4.79 Å². The van der Waals surface area contributed by atoms with E-state index >= 15 is 0 Å². The first kappa shape index (κ1) is 16.3. The Morgan fingerprint density at radius 2 is 2.30 bits per heavy atom. The summed E-state index contributed by atoms with van der Waals surface area (Å²) in [6.07, 6.45) is 0.788. The molecule has 1 aromatic rings. The monoisotopic (exact) mass is 294 g/mol. The van der Waals surface area contributed by atoms with Crippen LogP contribution < -0.4 is 11.1 Å². The van der Waals surface area contributed by atoms with E-state index in [4.69, 9.17) is 22.6 Å². The quantitative estimate of drug-likeness (QED) is 0.790. The van der Waals surface area contributed by atoms with Gasteiger partial charge in [-0.05, 0) is 32.2 Å². The first-order valence-corrected chi connectivity index (χ1v) is 6.74. The van der Waals surface area contributed by atoms with E-state index in [0.717, 1.165) is 0 Å². The van der Waals surface area contributed by atoms with E-state index in [9.17, 15) is 4.79 Å². The smallest absolute Gasteiger partial charge is 0.225 e. The number of anilines is 2. The molecular weight excluding hydrogens is 276 g/mol. The summed E-state index contributed by atoms with van der Waals surface area (Å²) < 4.78 is 0. The number of carbonyl (C=O) groups is 1. The standard InChI is InChI=1S/C14H19ClN4O/c1-10(5-7-16)19(2)8-6-14(20)18-13-4-3-11(15)9-12(13)17/h3-4,9-10H,5-6,8,17H2,1-2H3,(H,18,20). The summed E-state index contributed by atoms with van der Waals surface area (Å²) in [6.45, 7) is 2.54. The van der Waals surface area contributed by atoms with Gasteiger partial charge in [-0.1, -0.05) is 11.6 Å². The summed E-state index contributed by atoms with van der Waals surface area (Å²) in [5, 5.41) is 11.9. The van der Waals surface area contributed by atoms with Crippen LogP contribution in [0.4, 0.5) is 11.4 Å². The first-order chi connectivity index (χ1) is 9.43. The largest absolute Gasteiger partial charge is 0.397 e. The highest BCUT2D eigenvalue weighted by Gasteiger charge is 2.11. The molecule has 0 heterocycles. The number of nitrogen functional groups attached to an aromatic ring is 1. The number of carbonyl (C=O) groups excluding carboxylic acids is 1. The Labute approximate surface area is 124 Å². The lowest BCUT2D eigenvalue weighted by molar-refractivity contribution is -0.116. The number of halogens is 1. The summed E-state index contributed by atoms with van der Waals surface area (Å²) >= 11 is 5.80. The average Bonchev–Trinajstić information content (AvgIpc) is 2.39. The zero-order valence-corrected chi connectivity index (χ0v) is 12.4. The summed E-state index contributed by atoms with van der Waals surface area (Å²) in [7, 11) is 1.89. The molecule has 0 spiro atoms. The van der Waals surface area contributed by atoms with Crippen molar-refractivity contribution in [2.24, 2.45) is 0 Å². The molecule has 6 heteroatoms. The minimum Gasteiger partial charge on any atom is -0.397 e. The second-order valence-electron chi connectivity index (χ2n) is 4.72. The molecule has 0 radical (unpaired) electrons. The van der Waals surface area contributed by atoms with Gasteiger partial charge in [0, 0.05) is 24.0 Å². The number of benzene rings is 1. The fourth-order valence-corrected chi connectivity index (χ4v) is 1.83. The molecule has 3 N–H and O–H groups in total. The van der Waals surface area contributed by atoms with Gasteiger partial charge in [0.25, 0.3) is 0 Å². The van der Waals surface area contributed by atoms with Crippen LogP contribution in [0.3, 0.4) is 0 Å². The lowest BCUT2D eigenvalue weighted by atomic mass is 10.2. The third-order valence-electron chi connectivity index (χ3n) is 3.12. The van der Waals surface area contributed by atoms with E-state index in [1.54, 1.807) is 18.2 Å². The van der Waals surface area contributed by atoms with Crippen LogP contribution in [0.15, 0.2) is 18.2 Å². The molecule has 0 aliphatic heterocycles. The van der Waals surface area contributed by atoms with E-state index in [-0.39, 0.29) is 11.9 Å². The van der Waals surface area contributed by atoms with Crippen molar-refractivity contribution in [3.8, 4) is 6.07 Å². The first-order valence-electron chi connectivity index (χ1n) is 6.36. The van der Waals surface area contributed by atoms with Gasteiger partial charge in [0.15, 0.2) is 0 Å². The van der Waals surface area contributed by atoms with Gasteiger partial charge >= 0.3 is 0 Å². The molecule has 1 aromatic carbocycles. The van der Waals surface area contributed by atoms with Gasteiger partial charge in [0.2, 0.25) is 5.91 Å². The van der Waals surface area contributed by atoms with Crippen molar-refractivity contribution in [3.05, 3.63) is 23.2 Å². The highest BCUT2D eigenvalue weighted by Crippen LogP contribution is 2.22. The molecule has 0 aromatic heterocycles. The second-order valence-corrected chi connectivity index (χ2v) is 5.16. The van der Waals surface area contributed by atoms with Crippen molar-refractivity contribution in [2.45, 2.75) is 25.8 Å². The van der Waals surface area contributed by atoms with Crippen molar-refractivity contribution in [1.82, 2.24) is 4.90 Å². The van der Waals surface area contributed by atoms with Crippen LogP contribution in [0.25, 0.3) is 0 Å². The lowest BCUT2D eigenvalue weighted by Crippen LogP contribution is -2.31. The number of hydrogen-bond donors (Lipinski definition) is 2. The van der Waals surface area contributed by atoms with Crippen molar-refractivity contribution >= 4 is 28.9 Å². The summed E-state index contributed by atoms with van der Waals surface area (Å²) in [6, 6.07) is 7.20. The number of nitriles is 1. The van der Waals surface area contributed by atoms with E-state index in [0.29, 0.717) is 35.8 Å². The van der Waals surface area contributed by atoms with Gasteiger partial charge in [0.1, 0.15) is 0 Å². The molecule has 5 nitrogen and oxygen atoms in total. The molecule has 20 heavy (non-hydrogen) atoms. The number of nitrogens with zero attached hydrogens (tertiary/aromatic N) is 2. The minimum atomic E-state index is -0.116. The topological polar surface area (TPSA) is 82.2 Å². The van der Waals surface area contributed by atoms with Gasteiger partial charge in [-0.15, -0.1) is 0 Å². The van der Waals surface area contributed by atoms with E-state index < -0.39 is 0 Å². The molecule has 0 saturated heterocycles. The highest BCUT2D eigenvalue weighted by atomic mass is 35.5. The van der Waals surface area contributed by atoms with Gasteiger partial charge < -0.3 is 16.0 Å². The Morgan fingerprint density at radius 3 is 2.90 bits per heavy atom. The van der Waals surface area contributed by atoms with Crippen LogP contribution in [0.1, 0.15) is 19.8 Å². The number of hydrogen-bond acceptors (Lipinski definition) is 4. The number of amides is 1. The van der Waals surface area contributed by atoms with Crippen LogP contribution >= 0.6 is 11.6 Å². The minimum absolute atomic E-state index is 0.116. The fraction of sp³-hybridized carbons (Fsp3) is 0.429. The number of rotatable bonds is 6. The Hall–Kier alpha value is -1.77. The Balaban J connectivity index is 2.46. The molecule has 1 atom stereocenters. The summed E-state index contributed by atoms with van der Waals surface area (Å²) in [4.78, 5) is 13.8. The molecular formula is C14H19ClN4O. The van der Waals surface area contributed by atoms with Crippen LogP contribution in [-0.4, -0.2) is 30.4 Å². The maximum atomic E-state index is 11.8. The lowest BCUT2D eigenvalue weighted by Gasteiger charge is -2.22. The average molecular weight is 295 g/mol. The SMILES string of the molecule is CC(CC#N)N(C)CCC(=O)Nc1ccc(Cl)cc1N. The molecule has 0 aliphatic rings. The van der Waals surface area contributed by atoms with Crippen LogP contribution in [0.2, 0.25) is 5.02 Å². The zero-order valence-electron chi connectivity index (χ0n) is 11.7. The van der Waals surface area contributed by atoms with Gasteiger partial charge in [-0.3, -0.25) is 4.79 Å². The Bertz CT molecular complexity index is 512. The molecule has 0 aliphatic carbocycles. The molecule has 1 rings (SSSR count). The molecule has 108 valence electrons.